The van der Waals surface area contributed by atoms with Gasteiger partial charge in [-0.3, -0.25) is 4.90 Å². The minimum Gasteiger partial charge on any atom is -0.333 e. The minimum atomic E-state index is 0.842. The zero-order valence-electron chi connectivity index (χ0n) is 10.6. The van der Waals surface area contributed by atoms with Crippen LogP contribution in [0.3, 0.4) is 0 Å². The SMILES string of the molecule is NCCCCCCCN1CCn2ccnc2C1. The lowest BCUT2D eigenvalue weighted by molar-refractivity contribution is 0.212. The number of unbranched alkanes of at least 4 members (excludes halogenated alkanes) is 4. The fourth-order valence-corrected chi connectivity index (χ4v) is 2.42. The molecule has 0 bridgehead atoms. The molecule has 4 nitrogen and oxygen atoms in total. The molecule has 1 aliphatic rings. The highest BCUT2D eigenvalue weighted by molar-refractivity contribution is 4.95. The van der Waals surface area contributed by atoms with Crippen molar-refractivity contribution >= 4 is 0 Å². The number of imidazole rings is 1. The van der Waals surface area contributed by atoms with Crippen molar-refractivity contribution in [3.05, 3.63) is 18.2 Å². The standard InChI is InChI=1S/C13H24N4/c14-6-4-2-1-3-5-8-16-10-11-17-9-7-15-13(17)12-16/h7,9H,1-6,8,10-12,14H2. The zero-order chi connectivity index (χ0) is 11.9. The molecule has 0 saturated carbocycles. The molecule has 0 atom stereocenters. The third-order valence-corrected chi connectivity index (χ3v) is 3.50. The fourth-order valence-electron chi connectivity index (χ4n) is 2.42. The van der Waals surface area contributed by atoms with Gasteiger partial charge in [-0.25, -0.2) is 4.98 Å². The molecule has 0 radical (unpaired) electrons. The molecule has 2 heterocycles. The van der Waals surface area contributed by atoms with Gasteiger partial charge in [0.25, 0.3) is 0 Å². The van der Waals surface area contributed by atoms with Crippen molar-refractivity contribution in [2.45, 2.75) is 45.2 Å². The van der Waals surface area contributed by atoms with Crippen molar-refractivity contribution < 1.29 is 0 Å². The van der Waals surface area contributed by atoms with Crippen LogP contribution in [0.25, 0.3) is 0 Å². The first kappa shape index (κ1) is 12.6. The second kappa shape index (κ2) is 6.77. The van der Waals surface area contributed by atoms with Gasteiger partial charge in [-0.05, 0) is 25.9 Å². The molecule has 2 rings (SSSR count). The number of nitrogens with two attached hydrogens (primary N) is 1. The largest absolute Gasteiger partial charge is 0.333 e. The Kier molecular flexibility index (Phi) is 5.01. The van der Waals surface area contributed by atoms with E-state index < -0.39 is 0 Å². The molecule has 0 aromatic carbocycles. The van der Waals surface area contributed by atoms with Crippen LogP contribution in [0, 0.1) is 0 Å². The molecule has 1 aromatic heterocycles. The van der Waals surface area contributed by atoms with Gasteiger partial charge < -0.3 is 10.3 Å². The van der Waals surface area contributed by atoms with Gasteiger partial charge in [-0.2, -0.15) is 0 Å². The molecule has 96 valence electrons. The topological polar surface area (TPSA) is 47.1 Å². The highest BCUT2D eigenvalue weighted by Gasteiger charge is 2.15. The van der Waals surface area contributed by atoms with Gasteiger partial charge in [0.15, 0.2) is 0 Å². The van der Waals surface area contributed by atoms with E-state index in [1.165, 1.54) is 51.0 Å². The molecular weight excluding hydrogens is 212 g/mol. The molecule has 17 heavy (non-hydrogen) atoms. The third-order valence-electron chi connectivity index (χ3n) is 3.50. The molecule has 0 aliphatic carbocycles. The summed E-state index contributed by atoms with van der Waals surface area (Å²) >= 11 is 0. The highest BCUT2D eigenvalue weighted by atomic mass is 15.2. The van der Waals surface area contributed by atoms with Gasteiger partial charge in [0.05, 0.1) is 6.54 Å². The molecule has 2 N–H and O–H groups in total. The number of hydrogen-bond acceptors (Lipinski definition) is 3. The van der Waals surface area contributed by atoms with E-state index in [4.69, 9.17) is 5.73 Å². The van der Waals surface area contributed by atoms with Crippen molar-refractivity contribution in [2.24, 2.45) is 5.73 Å². The van der Waals surface area contributed by atoms with Gasteiger partial charge in [-0.1, -0.05) is 19.3 Å². The Hall–Kier alpha value is -0.870. The molecule has 0 saturated heterocycles. The maximum absolute atomic E-state index is 5.48. The van der Waals surface area contributed by atoms with E-state index in [-0.39, 0.29) is 0 Å². The van der Waals surface area contributed by atoms with Crippen molar-refractivity contribution in [3.63, 3.8) is 0 Å². The average molecular weight is 236 g/mol. The summed E-state index contributed by atoms with van der Waals surface area (Å²) in [5.74, 6) is 1.22. The first-order chi connectivity index (χ1) is 8.40. The summed E-state index contributed by atoms with van der Waals surface area (Å²) in [6, 6.07) is 0. The monoisotopic (exact) mass is 236 g/mol. The van der Waals surface area contributed by atoms with Gasteiger partial charge in [0, 0.05) is 25.5 Å². The van der Waals surface area contributed by atoms with Gasteiger partial charge in [-0.15, -0.1) is 0 Å². The Morgan fingerprint density at radius 3 is 2.82 bits per heavy atom. The quantitative estimate of drug-likeness (QED) is 0.732. The number of hydrogen-bond donors (Lipinski definition) is 1. The first-order valence-corrected chi connectivity index (χ1v) is 6.82. The van der Waals surface area contributed by atoms with E-state index in [0.717, 1.165) is 19.6 Å². The van der Waals surface area contributed by atoms with Crippen molar-refractivity contribution in [1.82, 2.24) is 14.5 Å². The first-order valence-electron chi connectivity index (χ1n) is 6.82. The fraction of sp³-hybridized carbons (Fsp3) is 0.769. The third kappa shape index (κ3) is 3.82. The maximum atomic E-state index is 5.48. The summed E-state index contributed by atoms with van der Waals surface area (Å²) in [5, 5.41) is 0. The second-order valence-corrected chi connectivity index (χ2v) is 4.87. The van der Waals surface area contributed by atoms with Crippen LogP contribution in [0.4, 0.5) is 0 Å². The Bertz CT molecular complexity index is 321. The lowest BCUT2D eigenvalue weighted by Crippen LogP contribution is -2.34. The zero-order valence-corrected chi connectivity index (χ0v) is 10.6. The molecule has 0 fully saturated rings. The van der Waals surface area contributed by atoms with Crippen LogP contribution < -0.4 is 5.73 Å². The summed E-state index contributed by atoms with van der Waals surface area (Å²) in [5.41, 5.74) is 5.48. The number of fused-ring (bicyclic) bond motifs is 1. The van der Waals surface area contributed by atoms with E-state index in [1.54, 1.807) is 0 Å². The number of aromatic nitrogens is 2. The number of nitrogens with zero attached hydrogens (tertiary/aromatic N) is 3. The molecule has 4 heteroatoms. The molecule has 0 spiro atoms. The smallest absolute Gasteiger partial charge is 0.122 e. The van der Waals surface area contributed by atoms with Gasteiger partial charge in [0.1, 0.15) is 5.82 Å². The normalized spacial score (nSPS) is 16.1. The van der Waals surface area contributed by atoms with E-state index in [1.807, 2.05) is 6.20 Å². The summed E-state index contributed by atoms with van der Waals surface area (Å²) in [4.78, 5) is 6.90. The molecule has 1 aromatic rings. The minimum absolute atomic E-state index is 0.842. The summed E-state index contributed by atoms with van der Waals surface area (Å²) in [6.07, 6.45) is 10.4. The van der Waals surface area contributed by atoms with Crippen molar-refractivity contribution in [2.75, 3.05) is 19.6 Å². The Balaban J connectivity index is 1.59. The summed E-state index contributed by atoms with van der Waals surface area (Å²) < 4.78 is 2.26. The Morgan fingerprint density at radius 1 is 1.12 bits per heavy atom. The molecule has 0 unspecified atom stereocenters. The molecule has 1 aliphatic heterocycles. The predicted molar refractivity (Wildman–Crippen MR) is 69.6 cm³/mol. The van der Waals surface area contributed by atoms with Crippen LogP contribution in [0.15, 0.2) is 12.4 Å². The summed E-state index contributed by atoms with van der Waals surface area (Å²) in [7, 11) is 0. The maximum Gasteiger partial charge on any atom is 0.122 e. The molecule has 0 amide bonds. The van der Waals surface area contributed by atoms with Crippen molar-refractivity contribution in [3.8, 4) is 0 Å². The lowest BCUT2D eigenvalue weighted by Gasteiger charge is -2.27. The molecular formula is C13H24N4. The summed E-state index contributed by atoms with van der Waals surface area (Å²) in [6.45, 7) is 5.36. The second-order valence-electron chi connectivity index (χ2n) is 4.87. The lowest BCUT2D eigenvalue weighted by atomic mass is 10.1. The van der Waals surface area contributed by atoms with Crippen LogP contribution >= 0.6 is 0 Å². The van der Waals surface area contributed by atoms with E-state index in [2.05, 4.69) is 20.6 Å². The van der Waals surface area contributed by atoms with Crippen LogP contribution in [0.1, 0.15) is 37.9 Å². The van der Waals surface area contributed by atoms with Crippen LogP contribution in [0.2, 0.25) is 0 Å². The van der Waals surface area contributed by atoms with Gasteiger partial charge >= 0.3 is 0 Å². The average Bonchev–Trinajstić information content (AvgIpc) is 2.81. The van der Waals surface area contributed by atoms with Gasteiger partial charge in [0.2, 0.25) is 0 Å². The predicted octanol–water partition coefficient (Wildman–Crippen LogP) is 1.61. The van der Waals surface area contributed by atoms with Crippen molar-refractivity contribution in [1.29, 1.82) is 0 Å². The highest BCUT2D eigenvalue weighted by Crippen LogP contribution is 2.11. The van der Waals surface area contributed by atoms with Crippen LogP contribution in [-0.2, 0) is 13.1 Å². The Morgan fingerprint density at radius 2 is 1.94 bits per heavy atom. The van der Waals surface area contributed by atoms with Crippen LogP contribution in [-0.4, -0.2) is 34.1 Å². The van der Waals surface area contributed by atoms with E-state index in [9.17, 15) is 0 Å². The number of rotatable bonds is 7. The van der Waals surface area contributed by atoms with E-state index in [0.29, 0.717) is 0 Å². The van der Waals surface area contributed by atoms with E-state index >= 15 is 0 Å². The Labute approximate surface area is 104 Å². The van der Waals surface area contributed by atoms with Crippen LogP contribution in [0.5, 0.6) is 0 Å².